The molecule has 1 unspecified atom stereocenters. The highest BCUT2D eigenvalue weighted by atomic mass is 32.2. The molecule has 5 rings (SSSR count). The number of H-pyrrole nitrogens is 1. The zero-order valence-corrected chi connectivity index (χ0v) is 20.4. The maximum atomic E-state index is 12.7. The maximum absolute atomic E-state index is 12.7. The second-order valence-corrected chi connectivity index (χ2v) is 11.5. The lowest BCUT2D eigenvalue weighted by Gasteiger charge is -2.32. The molecule has 0 saturated heterocycles. The van der Waals surface area contributed by atoms with Gasteiger partial charge in [0, 0.05) is 54.3 Å². The summed E-state index contributed by atoms with van der Waals surface area (Å²) in [6.07, 6.45) is 11.6. The van der Waals surface area contributed by atoms with Gasteiger partial charge in [0.2, 0.25) is 0 Å². The second kappa shape index (κ2) is 8.91. The highest BCUT2D eigenvalue weighted by molar-refractivity contribution is 7.90. The van der Waals surface area contributed by atoms with E-state index in [1.165, 1.54) is 24.7 Å². The third-order valence-corrected chi connectivity index (χ3v) is 8.07. The average molecular weight is 479 g/mol. The van der Waals surface area contributed by atoms with Gasteiger partial charge in [-0.05, 0) is 48.1 Å². The Bertz CT molecular complexity index is 1370. The number of nitrogens with zero attached hydrogens (tertiary/aromatic N) is 2. The van der Waals surface area contributed by atoms with E-state index >= 15 is 0 Å². The largest absolute Gasteiger partial charge is 0.346 e. The van der Waals surface area contributed by atoms with Gasteiger partial charge in [0.15, 0.2) is 9.84 Å². The Hall–Kier alpha value is -3.13. The number of sulfone groups is 1. The first-order valence-electron chi connectivity index (χ1n) is 11.8. The summed E-state index contributed by atoms with van der Waals surface area (Å²) in [7, 11) is -3.29. The van der Waals surface area contributed by atoms with Crippen molar-refractivity contribution >= 4 is 32.5 Å². The minimum atomic E-state index is -3.29. The molecule has 2 aliphatic rings. The first kappa shape index (κ1) is 22.7. The van der Waals surface area contributed by atoms with Crippen molar-refractivity contribution in [3.63, 3.8) is 0 Å². The van der Waals surface area contributed by atoms with Gasteiger partial charge < -0.3 is 15.2 Å². The van der Waals surface area contributed by atoms with E-state index in [2.05, 4.69) is 34.4 Å². The fourth-order valence-corrected chi connectivity index (χ4v) is 5.76. The van der Waals surface area contributed by atoms with Crippen LogP contribution < -0.4 is 5.32 Å². The van der Waals surface area contributed by atoms with E-state index in [4.69, 9.17) is 0 Å². The normalized spacial score (nSPS) is 19.4. The first-order valence-corrected chi connectivity index (χ1v) is 13.7. The Morgan fingerprint density at radius 2 is 1.97 bits per heavy atom. The van der Waals surface area contributed by atoms with Crippen molar-refractivity contribution in [1.82, 2.24) is 20.2 Å². The summed E-state index contributed by atoms with van der Waals surface area (Å²) in [5.41, 5.74) is 4.73. The minimum absolute atomic E-state index is 0.0303. The number of aromatic nitrogens is 2. The lowest BCUT2D eigenvalue weighted by molar-refractivity contribution is 0.193. The molecule has 1 aliphatic heterocycles. The van der Waals surface area contributed by atoms with Gasteiger partial charge in [-0.2, -0.15) is 0 Å². The van der Waals surface area contributed by atoms with E-state index in [0.717, 1.165) is 40.6 Å². The Morgan fingerprint density at radius 3 is 2.71 bits per heavy atom. The van der Waals surface area contributed by atoms with Crippen LogP contribution in [-0.2, 0) is 9.84 Å². The number of benzene rings is 1. The van der Waals surface area contributed by atoms with Crippen molar-refractivity contribution in [3.05, 3.63) is 54.4 Å². The van der Waals surface area contributed by atoms with Crippen molar-refractivity contribution in [2.75, 3.05) is 19.3 Å². The van der Waals surface area contributed by atoms with Gasteiger partial charge in [-0.25, -0.2) is 18.2 Å². The summed E-state index contributed by atoms with van der Waals surface area (Å²) >= 11 is 0. The number of rotatable bonds is 4. The van der Waals surface area contributed by atoms with Crippen molar-refractivity contribution < 1.29 is 13.2 Å². The average Bonchev–Trinajstić information content (AvgIpc) is 3.48. The van der Waals surface area contributed by atoms with Crippen LogP contribution in [0.4, 0.5) is 4.79 Å². The van der Waals surface area contributed by atoms with Crippen LogP contribution in [0.3, 0.4) is 0 Å². The highest BCUT2D eigenvalue weighted by Gasteiger charge is 2.27. The molecule has 3 heterocycles. The summed E-state index contributed by atoms with van der Waals surface area (Å²) < 4.78 is 24.0. The molecule has 2 N–H and O–H groups in total. The lowest BCUT2D eigenvalue weighted by atomic mass is 9.90. The third-order valence-electron chi connectivity index (χ3n) is 6.96. The van der Waals surface area contributed by atoms with E-state index in [1.807, 2.05) is 17.2 Å². The van der Waals surface area contributed by atoms with Crippen LogP contribution in [-0.4, -0.2) is 54.7 Å². The molecule has 1 saturated carbocycles. The van der Waals surface area contributed by atoms with Gasteiger partial charge in [0.25, 0.3) is 0 Å². The maximum Gasteiger partial charge on any atom is 0.317 e. The van der Waals surface area contributed by atoms with Gasteiger partial charge in [-0.1, -0.05) is 38.0 Å². The van der Waals surface area contributed by atoms with Gasteiger partial charge >= 0.3 is 6.03 Å². The summed E-state index contributed by atoms with van der Waals surface area (Å²) in [6.45, 7) is 3.39. The van der Waals surface area contributed by atoms with Crippen molar-refractivity contribution in [1.29, 1.82) is 0 Å². The number of fused-ring (bicyclic) bond motifs is 1. The number of hydrogen-bond acceptors (Lipinski definition) is 4. The molecule has 34 heavy (non-hydrogen) atoms. The fraction of sp³-hybridized carbons (Fsp3) is 0.385. The predicted octanol–water partition coefficient (Wildman–Crippen LogP) is 4.62. The van der Waals surface area contributed by atoms with Crippen LogP contribution in [0, 0.1) is 5.92 Å². The van der Waals surface area contributed by atoms with E-state index in [-0.39, 0.29) is 11.9 Å². The van der Waals surface area contributed by atoms with Crippen LogP contribution in [0.25, 0.3) is 27.7 Å². The lowest BCUT2D eigenvalue weighted by Crippen LogP contribution is -2.47. The van der Waals surface area contributed by atoms with Crippen LogP contribution in [0.5, 0.6) is 0 Å². The molecule has 1 aromatic carbocycles. The molecule has 7 nitrogen and oxygen atoms in total. The van der Waals surface area contributed by atoms with E-state index in [0.29, 0.717) is 24.0 Å². The molecule has 178 valence electrons. The molecule has 3 aromatic rings. The topological polar surface area (TPSA) is 95.2 Å². The number of hydrogen-bond donors (Lipinski definition) is 2. The highest BCUT2D eigenvalue weighted by Crippen LogP contribution is 2.34. The van der Waals surface area contributed by atoms with Gasteiger partial charge in [-0.3, -0.25) is 0 Å². The quantitative estimate of drug-likeness (QED) is 0.572. The standard InChI is InChI=1S/C26H30N4O3S/c1-17-16-30(26(31)29-20-7-3-4-8-20)11-10-22(17)24-15-28-25-23(24)13-19(14-27-25)18-6-5-9-21(12-18)34(2,32)33/h5-6,9-10,12-15,17,20H,3-4,7-8,11,16H2,1-2H3,(H,27,28)(H,29,31). The molecule has 1 atom stereocenters. The first-order chi connectivity index (χ1) is 16.3. The molecule has 0 radical (unpaired) electrons. The number of nitrogens with one attached hydrogen (secondary N) is 2. The molecule has 2 aromatic heterocycles. The molecular formula is C26H30N4O3S. The van der Waals surface area contributed by atoms with Gasteiger partial charge in [0.05, 0.1) is 4.90 Å². The van der Waals surface area contributed by atoms with Crippen LogP contribution in [0.1, 0.15) is 38.2 Å². The van der Waals surface area contributed by atoms with E-state index in [1.54, 1.807) is 24.4 Å². The molecular weight excluding hydrogens is 448 g/mol. The van der Waals surface area contributed by atoms with Crippen molar-refractivity contribution in [3.8, 4) is 11.1 Å². The van der Waals surface area contributed by atoms with Gasteiger partial charge in [-0.15, -0.1) is 0 Å². The molecule has 2 amide bonds. The monoisotopic (exact) mass is 478 g/mol. The smallest absolute Gasteiger partial charge is 0.317 e. The Balaban J connectivity index is 1.42. The zero-order valence-electron chi connectivity index (χ0n) is 19.5. The molecule has 8 heteroatoms. The number of amides is 2. The second-order valence-electron chi connectivity index (χ2n) is 9.52. The van der Waals surface area contributed by atoms with Crippen LogP contribution in [0.2, 0.25) is 0 Å². The number of urea groups is 1. The summed E-state index contributed by atoms with van der Waals surface area (Å²) in [5, 5.41) is 4.18. The van der Waals surface area contributed by atoms with Crippen LogP contribution in [0.15, 0.2) is 53.7 Å². The molecule has 1 fully saturated rings. The predicted molar refractivity (Wildman–Crippen MR) is 134 cm³/mol. The number of carbonyl (C=O) groups is 1. The Morgan fingerprint density at radius 1 is 1.18 bits per heavy atom. The summed E-state index contributed by atoms with van der Waals surface area (Å²) in [6, 6.07) is 9.35. The number of aromatic amines is 1. The van der Waals surface area contributed by atoms with Crippen LogP contribution >= 0.6 is 0 Å². The van der Waals surface area contributed by atoms with E-state index < -0.39 is 9.84 Å². The molecule has 0 spiro atoms. The Kier molecular flexibility index (Phi) is 5.93. The number of carbonyl (C=O) groups excluding carboxylic acids is 1. The zero-order chi connectivity index (χ0) is 23.9. The Labute approximate surface area is 200 Å². The molecule has 1 aliphatic carbocycles. The van der Waals surface area contributed by atoms with Crippen molar-refractivity contribution in [2.45, 2.75) is 43.5 Å². The van der Waals surface area contributed by atoms with Crippen molar-refractivity contribution in [2.24, 2.45) is 5.92 Å². The fourth-order valence-electron chi connectivity index (χ4n) is 5.10. The number of pyridine rings is 1. The summed E-state index contributed by atoms with van der Waals surface area (Å²) in [5.74, 6) is 0.180. The molecule has 0 bridgehead atoms. The summed E-state index contributed by atoms with van der Waals surface area (Å²) in [4.78, 5) is 22.8. The van der Waals surface area contributed by atoms with Gasteiger partial charge in [0.1, 0.15) is 5.65 Å². The minimum Gasteiger partial charge on any atom is -0.346 e. The third kappa shape index (κ3) is 4.46. The SMILES string of the molecule is CC1CN(C(=O)NC2CCCC2)CC=C1c1c[nH]c2ncc(-c3cccc(S(C)(=O)=O)c3)cc12. The van der Waals surface area contributed by atoms with E-state index in [9.17, 15) is 13.2 Å².